The van der Waals surface area contributed by atoms with E-state index in [-0.39, 0.29) is 0 Å². The van der Waals surface area contributed by atoms with Gasteiger partial charge in [-0.15, -0.1) is 0 Å². The van der Waals surface area contributed by atoms with Gasteiger partial charge in [0, 0.05) is 19.5 Å². The Labute approximate surface area is 97.8 Å². The van der Waals surface area contributed by atoms with E-state index in [0.29, 0.717) is 0 Å². The number of amidine groups is 1. The lowest BCUT2D eigenvalue weighted by atomic mass is 10.1. The first-order valence-electron chi connectivity index (χ1n) is 6.17. The molecule has 0 aromatic heterocycles. The van der Waals surface area contributed by atoms with Crippen molar-refractivity contribution in [2.75, 3.05) is 6.54 Å². The van der Waals surface area contributed by atoms with Gasteiger partial charge < -0.3 is 5.32 Å². The summed E-state index contributed by atoms with van der Waals surface area (Å²) in [7, 11) is 0. The van der Waals surface area contributed by atoms with Gasteiger partial charge in [0.05, 0.1) is 5.84 Å². The van der Waals surface area contributed by atoms with Crippen molar-refractivity contribution in [3.63, 3.8) is 0 Å². The highest BCUT2D eigenvalue weighted by Gasteiger charge is 2.03. The maximum Gasteiger partial charge on any atom is 0.0965 e. The van der Waals surface area contributed by atoms with Crippen LogP contribution in [0.5, 0.6) is 0 Å². The summed E-state index contributed by atoms with van der Waals surface area (Å²) in [6.07, 6.45) is 4.96. The third-order valence-electron chi connectivity index (χ3n) is 2.99. The van der Waals surface area contributed by atoms with Crippen LogP contribution in [0.1, 0.15) is 36.8 Å². The van der Waals surface area contributed by atoms with Crippen LogP contribution in [-0.2, 0) is 6.54 Å². The molecule has 2 rings (SSSR count). The average Bonchev–Trinajstić information content (AvgIpc) is 2.57. The monoisotopic (exact) mass is 216 g/mol. The molecular weight excluding hydrogens is 196 g/mol. The Bertz CT molecular complexity index is 352. The molecule has 1 aliphatic rings. The lowest BCUT2D eigenvalue weighted by molar-refractivity contribution is 0.728. The average molecular weight is 216 g/mol. The number of benzene rings is 1. The zero-order chi connectivity index (χ0) is 11.2. The number of nitrogens with zero attached hydrogens (tertiary/aromatic N) is 1. The molecule has 16 heavy (non-hydrogen) atoms. The van der Waals surface area contributed by atoms with Gasteiger partial charge in [-0.05, 0) is 25.3 Å². The van der Waals surface area contributed by atoms with Crippen molar-refractivity contribution in [2.45, 2.75) is 39.2 Å². The van der Waals surface area contributed by atoms with Gasteiger partial charge in [-0.2, -0.15) is 0 Å². The van der Waals surface area contributed by atoms with Crippen molar-refractivity contribution < 1.29 is 0 Å². The molecule has 0 aliphatic carbocycles. The highest BCUT2D eigenvalue weighted by Crippen LogP contribution is 2.07. The fourth-order valence-corrected chi connectivity index (χ4v) is 1.93. The fourth-order valence-electron chi connectivity index (χ4n) is 1.93. The largest absolute Gasteiger partial charge is 0.370 e. The van der Waals surface area contributed by atoms with E-state index in [0.717, 1.165) is 19.5 Å². The second kappa shape index (κ2) is 5.69. The highest BCUT2D eigenvalue weighted by atomic mass is 15.0. The Morgan fingerprint density at radius 2 is 1.94 bits per heavy atom. The summed E-state index contributed by atoms with van der Waals surface area (Å²) in [5.41, 5.74) is 2.65. The van der Waals surface area contributed by atoms with Crippen molar-refractivity contribution in [1.82, 2.24) is 5.32 Å². The molecule has 1 heterocycles. The van der Waals surface area contributed by atoms with Crippen LogP contribution < -0.4 is 5.32 Å². The lowest BCUT2D eigenvalue weighted by Gasteiger charge is -2.08. The normalized spacial score (nSPS) is 16.4. The maximum absolute atomic E-state index is 4.56. The molecule has 0 saturated carbocycles. The van der Waals surface area contributed by atoms with E-state index in [4.69, 9.17) is 0 Å². The SMILES string of the molecule is Cc1ccc(CNC2=NCCCCC2)cc1. The number of aliphatic imine (C=N–C) groups is 1. The quantitative estimate of drug-likeness (QED) is 0.807. The minimum absolute atomic E-state index is 0.902. The van der Waals surface area contributed by atoms with Crippen LogP contribution in [0, 0.1) is 6.92 Å². The number of aryl methyl sites for hydroxylation is 1. The molecular formula is C14H20N2. The summed E-state index contributed by atoms with van der Waals surface area (Å²) in [6, 6.07) is 8.68. The van der Waals surface area contributed by atoms with Gasteiger partial charge in [-0.25, -0.2) is 0 Å². The van der Waals surface area contributed by atoms with E-state index >= 15 is 0 Å². The maximum atomic E-state index is 4.56. The standard InChI is InChI=1S/C14H20N2/c1-12-6-8-13(9-7-12)11-16-14-5-3-2-4-10-15-14/h6-9H,2-5,10-11H2,1H3,(H,15,16). The molecule has 0 bridgehead atoms. The van der Waals surface area contributed by atoms with Crippen LogP contribution in [-0.4, -0.2) is 12.4 Å². The molecule has 1 aromatic rings. The van der Waals surface area contributed by atoms with E-state index in [9.17, 15) is 0 Å². The zero-order valence-electron chi connectivity index (χ0n) is 10.00. The van der Waals surface area contributed by atoms with E-state index in [2.05, 4.69) is 41.5 Å². The Kier molecular flexibility index (Phi) is 3.97. The van der Waals surface area contributed by atoms with Gasteiger partial charge in [0.1, 0.15) is 0 Å². The number of nitrogens with one attached hydrogen (secondary N) is 1. The molecule has 0 spiro atoms. The summed E-state index contributed by atoms with van der Waals surface area (Å²) < 4.78 is 0. The van der Waals surface area contributed by atoms with Gasteiger partial charge >= 0.3 is 0 Å². The summed E-state index contributed by atoms with van der Waals surface area (Å²) in [6.45, 7) is 4.02. The van der Waals surface area contributed by atoms with Crippen LogP contribution in [0.4, 0.5) is 0 Å². The van der Waals surface area contributed by atoms with Gasteiger partial charge in [0.25, 0.3) is 0 Å². The van der Waals surface area contributed by atoms with Crippen molar-refractivity contribution in [1.29, 1.82) is 0 Å². The van der Waals surface area contributed by atoms with E-state index < -0.39 is 0 Å². The van der Waals surface area contributed by atoms with Crippen LogP contribution in [0.2, 0.25) is 0 Å². The molecule has 0 fully saturated rings. The van der Waals surface area contributed by atoms with Gasteiger partial charge in [-0.1, -0.05) is 36.2 Å². The number of hydrogen-bond acceptors (Lipinski definition) is 2. The molecule has 0 saturated heterocycles. The summed E-state index contributed by atoms with van der Waals surface area (Å²) in [4.78, 5) is 4.56. The minimum atomic E-state index is 0.902. The van der Waals surface area contributed by atoms with Crippen LogP contribution in [0.25, 0.3) is 0 Å². The predicted molar refractivity (Wildman–Crippen MR) is 68.8 cm³/mol. The first kappa shape index (κ1) is 11.2. The Morgan fingerprint density at radius 1 is 1.12 bits per heavy atom. The zero-order valence-corrected chi connectivity index (χ0v) is 10.00. The van der Waals surface area contributed by atoms with Crippen LogP contribution >= 0.6 is 0 Å². The second-order valence-corrected chi connectivity index (χ2v) is 4.48. The number of hydrogen-bond donors (Lipinski definition) is 1. The first-order chi connectivity index (χ1) is 7.84. The third-order valence-corrected chi connectivity index (χ3v) is 2.99. The Balaban J connectivity index is 1.86. The van der Waals surface area contributed by atoms with E-state index in [1.54, 1.807) is 0 Å². The molecule has 0 atom stereocenters. The Morgan fingerprint density at radius 3 is 2.75 bits per heavy atom. The molecule has 1 N–H and O–H groups in total. The van der Waals surface area contributed by atoms with E-state index in [1.807, 2.05) is 0 Å². The lowest BCUT2D eigenvalue weighted by Crippen LogP contribution is -2.22. The van der Waals surface area contributed by atoms with E-state index in [1.165, 1.54) is 36.2 Å². The Hall–Kier alpha value is -1.31. The number of rotatable bonds is 2. The molecule has 2 nitrogen and oxygen atoms in total. The van der Waals surface area contributed by atoms with Crippen molar-refractivity contribution in [3.8, 4) is 0 Å². The predicted octanol–water partition coefficient (Wildman–Crippen LogP) is 3.06. The second-order valence-electron chi connectivity index (χ2n) is 4.48. The molecule has 1 aromatic carbocycles. The molecule has 2 heteroatoms. The highest BCUT2D eigenvalue weighted by molar-refractivity contribution is 5.82. The summed E-state index contributed by atoms with van der Waals surface area (Å²) >= 11 is 0. The van der Waals surface area contributed by atoms with Gasteiger partial charge in [-0.3, -0.25) is 4.99 Å². The van der Waals surface area contributed by atoms with Crippen molar-refractivity contribution in [3.05, 3.63) is 35.4 Å². The smallest absolute Gasteiger partial charge is 0.0965 e. The summed E-state index contributed by atoms with van der Waals surface area (Å²) in [5, 5.41) is 3.45. The van der Waals surface area contributed by atoms with Gasteiger partial charge in [0.2, 0.25) is 0 Å². The van der Waals surface area contributed by atoms with Crippen molar-refractivity contribution >= 4 is 5.84 Å². The van der Waals surface area contributed by atoms with Gasteiger partial charge in [0.15, 0.2) is 0 Å². The molecule has 0 radical (unpaired) electrons. The molecule has 86 valence electrons. The van der Waals surface area contributed by atoms with Crippen molar-refractivity contribution in [2.24, 2.45) is 4.99 Å². The molecule has 0 amide bonds. The third kappa shape index (κ3) is 3.37. The topological polar surface area (TPSA) is 24.4 Å². The molecule has 1 aliphatic heterocycles. The minimum Gasteiger partial charge on any atom is -0.370 e. The summed E-state index contributed by atoms with van der Waals surface area (Å²) in [5.74, 6) is 1.19. The first-order valence-corrected chi connectivity index (χ1v) is 6.17. The fraction of sp³-hybridized carbons (Fsp3) is 0.500. The van der Waals surface area contributed by atoms with Crippen LogP contribution in [0.3, 0.4) is 0 Å². The van der Waals surface area contributed by atoms with Crippen LogP contribution in [0.15, 0.2) is 29.3 Å². The molecule has 0 unspecified atom stereocenters.